The van der Waals surface area contributed by atoms with Crippen LogP contribution in [-0.4, -0.2) is 26.5 Å². The first-order chi connectivity index (χ1) is 9.17. The van der Waals surface area contributed by atoms with Gasteiger partial charge in [-0.2, -0.15) is 0 Å². The number of nitrogens with one attached hydrogen (secondary N) is 1. The molecular formula is C14H21ClN4. The van der Waals surface area contributed by atoms with Crippen molar-refractivity contribution in [2.75, 3.05) is 11.9 Å². The lowest BCUT2D eigenvalue weighted by Crippen LogP contribution is -2.23. The number of pyridine rings is 1. The minimum atomic E-state index is 0.121. The molecule has 0 bridgehead atoms. The quantitative estimate of drug-likeness (QED) is 0.825. The third kappa shape index (κ3) is 3.00. The fraction of sp³-hybridized carbons (Fsp3) is 0.571. The highest BCUT2D eigenvalue weighted by Crippen LogP contribution is 2.22. The van der Waals surface area contributed by atoms with Crippen LogP contribution in [0.4, 0.5) is 5.82 Å². The maximum atomic E-state index is 6.44. The van der Waals surface area contributed by atoms with E-state index in [1.807, 2.05) is 17.7 Å². The lowest BCUT2D eigenvalue weighted by Gasteiger charge is -2.19. The van der Waals surface area contributed by atoms with Crippen LogP contribution in [0.3, 0.4) is 0 Å². The average molecular weight is 281 g/mol. The molecule has 5 heteroatoms. The SMILES string of the molecule is CCC(CC)C(Cl)CNc1nccc2c1ncn2C. The first-order valence-electron chi connectivity index (χ1n) is 6.81. The van der Waals surface area contributed by atoms with E-state index >= 15 is 0 Å². The summed E-state index contributed by atoms with van der Waals surface area (Å²) >= 11 is 6.44. The van der Waals surface area contributed by atoms with Crippen LogP contribution in [-0.2, 0) is 7.05 Å². The van der Waals surface area contributed by atoms with Crippen molar-refractivity contribution in [3.8, 4) is 0 Å². The summed E-state index contributed by atoms with van der Waals surface area (Å²) in [6, 6.07) is 1.96. The lowest BCUT2D eigenvalue weighted by atomic mass is 9.99. The van der Waals surface area contributed by atoms with Crippen molar-refractivity contribution in [1.29, 1.82) is 0 Å². The van der Waals surface area contributed by atoms with Crippen molar-refractivity contribution in [2.45, 2.75) is 32.1 Å². The molecule has 2 aromatic rings. The molecule has 0 aliphatic carbocycles. The van der Waals surface area contributed by atoms with Crippen molar-refractivity contribution in [3.63, 3.8) is 0 Å². The highest BCUT2D eigenvalue weighted by atomic mass is 35.5. The molecule has 2 aromatic heterocycles. The van der Waals surface area contributed by atoms with Gasteiger partial charge >= 0.3 is 0 Å². The summed E-state index contributed by atoms with van der Waals surface area (Å²) in [7, 11) is 1.98. The third-order valence-electron chi connectivity index (χ3n) is 3.67. The Hall–Kier alpha value is -1.29. The summed E-state index contributed by atoms with van der Waals surface area (Å²) in [5, 5.41) is 3.45. The number of nitrogens with zero attached hydrogens (tertiary/aromatic N) is 3. The number of rotatable bonds is 6. The molecule has 1 unspecified atom stereocenters. The summed E-state index contributed by atoms with van der Waals surface area (Å²) in [6.45, 7) is 5.08. The number of halogens is 1. The Kier molecular flexibility index (Phi) is 4.64. The Balaban J connectivity index is 2.09. The highest BCUT2D eigenvalue weighted by molar-refractivity contribution is 6.21. The Morgan fingerprint density at radius 2 is 2.05 bits per heavy atom. The summed E-state index contributed by atoms with van der Waals surface area (Å²) in [6.07, 6.45) is 5.81. The van der Waals surface area contributed by atoms with E-state index in [0.717, 1.165) is 36.2 Å². The molecule has 2 heterocycles. The zero-order valence-electron chi connectivity index (χ0n) is 11.7. The average Bonchev–Trinajstić information content (AvgIpc) is 2.80. The van der Waals surface area contributed by atoms with E-state index < -0.39 is 0 Å². The monoisotopic (exact) mass is 280 g/mol. The zero-order valence-corrected chi connectivity index (χ0v) is 12.5. The van der Waals surface area contributed by atoms with E-state index in [9.17, 15) is 0 Å². The predicted molar refractivity (Wildman–Crippen MR) is 80.7 cm³/mol. The summed E-state index contributed by atoms with van der Waals surface area (Å²) in [5.41, 5.74) is 1.98. The fourth-order valence-electron chi connectivity index (χ4n) is 2.35. The number of alkyl halides is 1. The number of aromatic nitrogens is 3. The van der Waals surface area contributed by atoms with E-state index in [1.165, 1.54) is 0 Å². The number of anilines is 1. The van der Waals surface area contributed by atoms with Crippen molar-refractivity contribution in [3.05, 3.63) is 18.6 Å². The van der Waals surface area contributed by atoms with Gasteiger partial charge in [0.05, 0.1) is 17.2 Å². The van der Waals surface area contributed by atoms with Gasteiger partial charge < -0.3 is 9.88 Å². The van der Waals surface area contributed by atoms with Crippen LogP contribution in [0.15, 0.2) is 18.6 Å². The molecular weight excluding hydrogens is 260 g/mol. The van der Waals surface area contributed by atoms with Crippen molar-refractivity contribution in [2.24, 2.45) is 13.0 Å². The predicted octanol–water partition coefficient (Wildman–Crippen LogP) is 3.42. The Bertz CT molecular complexity index is 533. The molecule has 0 aliphatic rings. The van der Waals surface area contributed by atoms with Gasteiger partial charge in [-0.05, 0) is 12.0 Å². The Morgan fingerprint density at radius 1 is 1.32 bits per heavy atom. The zero-order chi connectivity index (χ0) is 13.8. The van der Waals surface area contributed by atoms with Crippen molar-refractivity contribution in [1.82, 2.24) is 14.5 Å². The van der Waals surface area contributed by atoms with Crippen LogP contribution in [0, 0.1) is 5.92 Å². The van der Waals surface area contributed by atoms with Gasteiger partial charge in [-0.15, -0.1) is 11.6 Å². The Morgan fingerprint density at radius 3 is 2.74 bits per heavy atom. The van der Waals surface area contributed by atoms with E-state index in [-0.39, 0.29) is 5.38 Å². The van der Waals surface area contributed by atoms with Crippen LogP contribution in [0.2, 0.25) is 0 Å². The molecule has 0 fully saturated rings. The fourth-order valence-corrected chi connectivity index (χ4v) is 2.79. The number of hydrogen-bond donors (Lipinski definition) is 1. The molecule has 1 atom stereocenters. The van der Waals surface area contributed by atoms with Gasteiger partial charge in [0.2, 0.25) is 0 Å². The smallest absolute Gasteiger partial charge is 0.154 e. The summed E-state index contributed by atoms with van der Waals surface area (Å²) < 4.78 is 1.99. The van der Waals surface area contributed by atoms with Crippen LogP contribution in [0.1, 0.15) is 26.7 Å². The van der Waals surface area contributed by atoms with E-state index in [2.05, 4.69) is 29.1 Å². The molecule has 104 valence electrons. The second kappa shape index (κ2) is 6.24. The Labute approximate surface area is 119 Å². The number of aryl methyl sites for hydroxylation is 1. The number of imidazole rings is 1. The molecule has 19 heavy (non-hydrogen) atoms. The molecule has 0 saturated carbocycles. The van der Waals surface area contributed by atoms with Gasteiger partial charge in [0.15, 0.2) is 5.82 Å². The third-order valence-corrected chi connectivity index (χ3v) is 4.18. The maximum absolute atomic E-state index is 6.44. The molecule has 0 aliphatic heterocycles. The topological polar surface area (TPSA) is 42.7 Å². The van der Waals surface area contributed by atoms with Gasteiger partial charge in [-0.25, -0.2) is 9.97 Å². The van der Waals surface area contributed by atoms with Crippen LogP contribution < -0.4 is 5.32 Å². The minimum Gasteiger partial charge on any atom is -0.367 e. The number of fused-ring (bicyclic) bond motifs is 1. The van der Waals surface area contributed by atoms with Crippen LogP contribution in [0.5, 0.6) is 0 Å². The van der Waals surface area contributed by atoms with Crippen LogP contribution >= 0.6 is 11.6 Å². The normalized spacial score (nSPS) is 13.1. The van der Waals surface area contributed by atoms with Crippen LogP contribution in [0.25, 0.3) is 11.0 Å². The van der Waals surface area contributed by atoms with Gasteiger partial charge in [-0.3, -0.25) is 0 Å². The summed E-state index contributed by atoms with van der Waals surface area (Å²) in [4.78, 5) is 8.73. The van der Waals surface area contributed by atoms with Gasteiger partial charge in [0.25, 0.3) is 0 Å². The van der Waals surface area contributed by atoms with Gasteiger partial charge in [0, 0.05) is 19.8 Å². The van der Waals surface area contributed by atoms with E-state index in [1.54, 1.807) is 12.5 Å². The van der Waals surface area contributed by atoms with E-state index in [0.29, 0.717) is 5.92 Å². The first kappa shape index (κ1) is 14.1. The van der Waals surface area contributed by atoms with Gasteiger partial charge in [-0.1, -0.05) is 26.7 Å². The molecule has 0 saturated heterocycles. The molecule has 0 radical (unpaired) electrons. The first-order valence-corrected chi connectivity index (χ1v) is 7.25. The molecule has 4 nitrogen and oxygen atoms in total. The van der Waals surface area contributed by atoms with Crippen molar-refractivity contribution >= 4 is 28.5 Å². The second-order valence-electron chi connectivity index (χ2n) is 4.86. The molecule has 0 amide bonds. The number of hydrogen-bond acceptors (Lipinski definition) is 3. The molecule has 0 aromatic carbocycles. The highest BCUT2D eigenvalue weighted by Gasteiger charge is 2.16. The lowest BCUT2D eigenvalue weighted by molar-refractivity contribution is 0.475. The van der Waals surface area contributed by atoms with E-state index in [4.69, 9.17) is 11.6 Å². The largest absolute Gasteiger partial charge is 0.367 e. The van der Waals surface area contributed by atoms with Crippen molar-refractivity contribution < 1.29 is 0 Å². The molecule has 1 N–H and O–H groups in total. The summed E-state index contributed by atoms with van der Waals surface area (Å²) in [5.74, 6) is 1.35. The second-order valence-corrected chi connectivity index (χ2v) is 5.42. The van der Waals surface area contributed by atoms with Gasteiger partial charge in [0.1, 0.15) is 5.52 Å². The molecule has 0 spiro atoms. The standard InChI is InChI=1S/C14H21ClN4/c1-4-10(5-2)11(15)8-17-14-13-12(6-7-16-14)19(3)9-18-13/h6-7,9-11H,4-5,8H2,1-3H3,(H,16,17). The maximum Gasteiger partial charge on any atom is 0.154 e. The molecule has 2 rings (SSSR count). The minimum absolute atomic E-state index is 0.121.